The van der Waals surface area contributed by atoms with E-state index in [0.29, 0.717) is 5.92 Å². The number of rotatable bonds is 7. The Morgan fingerprint density at radius 2 is 2.15 bits per heavy atom. The lowest BCUT2D eigenvalue weighted by molar-refractivity contribution is 0.542. The van der Waals surface area contributed by atoms with Crippen LogP contribution in [-0.2, 0) is 6.42 Å². The Balaban J connectivity index is 1.83. The summed E-state index contributed by atoms with van der Waals surface area (Å²) in [5, 5.41) is 14.0. The molecule has 0 saturated heterocycles. The van der Waals surface area contributed by atoms with E-state index in [1.807, 2.05) is 12.3 Å². The van der Waals surface area contributed by atoms with Crippen LogP contribution in [0.2, 0.25) is 0 Å². The van der Waals surface area contributed by atoms with Crippen molar-refractivity contribution in [2.75, 3.05) is 13.1 Å². The zero-order valence-corrected chi connectivity index (χ0v) is 14.2. The number of pyridine rings is 1. The normalized spacial score (nSPS) is 11.2. The molecule has 0 aliphatic rings. The number of halogens is 1. The highest BCUT2D eigenvalue weighted by Gasteiger charge is 2.07. The van der Waals surface area contributed by atoms with E-state index >= 15 is 0 Å². The number of aryl methyl sites for hydroxylation is 1. The van der Waals surface area contributed by atoms with Crippen LogP contribution >= 0.6 is 27.3 Å². The molecule has 2 rings (SSSR count). The third-order valence-electron chi connectivity index (χ3n) is 2.72. The minimum absolute atomic E-state index is 0.701. The summed E-state index contributed by atoms with van der Waals surface area (Å²) in [5.41, 5.74) is 1.01. The van der Waals surface area contributed by atoms with E-state index in [1.54, 1.807) is 17.5 Å². The number of aromatic nitrogens is 3. The first-order chi connectivity index (χ1) is 9.65. The molecule has 0 amide bonds. The van der Waals surface area contributed by atoms with Gasteiger partial charge in [-0.25, -0.2) is 0 Å². The van der Waals surface area contributed by atoms with E-state index in [4.69, 9.17) is 0 Å². The van der Waals surface area contributed by atoms with Crippen LogP contribution in [0.15, 0.2) is 22.9 Å². The van der Waals surface area contributed by atoms with Crippen molar-refractivity contribution >= 4 is 27.3 Å². The van der Waals surface area contributed by atoms with Gasteiger partial charge in [0.1, 0.15) is 10.0 Å². The molecule has 2 aromatic heterocycles. The molecule has 2 heterocycles. The van der Waals surface area contributed by atoms with Crippen molar-refractivity contribution in [3.8, 4) is 10.6 Å². The first-order valence-corrected chi connectivity index (χ1v) is 8.40. The van der Waals surface area contributed by atoms with Crippen molar-refractivity contribution in [2.24, 2.45) is 5.92 Å². The highest BCUT2D eigenvalue weighted by atomic mass is 79.9. The molecule has 0 fully saturated rings. The smallest absolute Gasteiger partial charge is 0.149 e. The maximum Gasteiger partial charge on any atom is 0.149 e. The summed E-state index contributed by atoms with van der Waals surface area (Å²) in [7, 11) is 0. The van der Waals surface area contributed by atoms with E-state index in [-0.39, 0.29) is 0 Å². The molecule has 0 atom stereocenters. The summed E-state index contributed by atoms with van der Waals surface area (Å²) >= 11 is 5.07. The fraction of sp³-hybridized carbons (Fsp3) is 0.500. The maximum absolute atomic E-state index is 4.25. The molecule has 4 nitrogen and oxygen atoms in total. The highest BCUT2D eigenvalue weighted by molar-refractivity contribution is 9.10. The monoisotopic (exact) mass is 354 g/mol. The molecule has 0 bridgehead atoms. The standard InChI is InChI=1S/C14H19BrN4S/c1-10(2)7-16-5-3-4-13-18-19-14(20-13)11-6-12(15)9-17-8-11/h6,8-10,16H,3-5,7H2,1-2H3. The van der Waals surface area contributed by atoms with Crippen molar-refractivity contribution in [1.82, 2.24) is 20.5 Å². The lowest BCUT2D eigenvalue weighted by atomic mass is 10.2. The summed E-state index contributed by atoms with van der Waals surface area (Å²) in [6, 6.07) is 2.02. The van der Waals surface area contributed by atoms with Crippen LogP contribution in [-0.4, -0.2) is 28.3 Å². The zero-order valence-electron chi connectivity index (χ0n) is 11.8. The molecule has 0 aliphatic heterocycles. The van der Waals surface area contributed by atoms with E-state index in [1.165, 1.54) is 0 Å². The Morgan fingerprint density at radius 1 is 1.30 bits per heavy atom. The van der Waals surface area contributed by atoms with Crippen molar-refractivity contribution in [3.05, 3.63) is 27.9 Å². The minimum atomic E-state index is 0.701. The molecule has 0 radical (unpaired) electrons. The van der Waals surface area contributed by atoms with Gasteiger partial charge in [0.2, 0.25) is 0 Å². The van der Waals surface area contributed by atoms with Gasteiger partial charge in [-0.15, -0.1) is 10.2 Å². The summed E-state index contributed by atoms with van der Waals surface area (Å²) in [4.78, 5) is 4.15. The second-order valence-electron chi connectivity index (χ2n) is 5.09. The quantitative estimate of drug-likeness (QED) is 0.772. The Kier molecular flexibility index (Phi) is 6.06. The Hall–Kier alpha value is -0.850. The predicted octanol–water partition coefficient (Wildman–Crippen LogP) is 3.54. The van der Waals surface area contributed by atoms with E-state index in [9.17, 15) is 0 Å². The van der Waals surface area contributed by atoms with Gasteiger partial charge in [-0.2, -0.15) is 0 Å². The van der Waals surface area contributed by atoms with Gasteiger partial charge >= 0.3 is 0 Å². The Bertz CT molecular complexity index is 541. The Morgan fingerprint density at radius 3 is 2.90 bits per heavy atom. The fourth-order valence-corrected chi connectivity index (χ4v) is 2.98. The van der Waals surface area contributed by atoms with E-state index in [0.717, 1.165) is 46.0 Å². The summed E-state index contributed by atoms with van der Waals surface area (Å²) in [6.45, 7) is 6.54. The molecule has 2 aromatic rings. The van der Waals surface area contributed by atoms with Crippen LogP contribution in [0.3, 0.4) is 0 Å². The third kappa shape index (κ3) is 4.92. The average molecular weight is 355 g/mol. The zero-order chi connectivity index (χ0) is 14.4. The molecular weight excluding hydrogens is 336 g/mol. The number of nitrogens with one attached hydrogen (secondary N) is 1. The van der Waals surface area contributed by atoms with Crippen LogP contribution in [0.25, 0.3) is 10.6 Å². The van der Waals surface area contributed by atoms with Gasteiger partial charge in [0.15, 0.2) is 0 Å². The lowest BCUT2D eigenvalue weighted by Crippen LogP contribution is -2.21. The number of hydrogen-bond donors (Lipinski definition) is 1. The molecule has 6 heteroatoms. The second kappa shape index (κ2) is 7.81. The van der Waals surface area contributed by atoms with Crippen molar-refractivity contribution < 1.29 is 0 Å². The predicted molar refractivity (Wildman–Crippen MR) is 86.9 cm³/mol. The van der Waals surface area contributed by atoms with Gasteiger partial charge in [0.25, 0.3) is 0 Å². The fourth-order valence-electron chi connectivity index (χ4n) is 1.76. The molecule has 1 N–H and O–H groups in total. The minimum Gasteiger partial charge on any atom is -0.316 e. The first-order valence-electron chi connectivity index (χ1n) is 6.79. The number of hydrogen-bond acceptors (Lipinski definition) is 5. The number of nitrogens with zero attached hydrogens (tertiary/aromatic N) is 3. The molecule has 0 unspecified atom stereocenters. The van der Waals surface area contributed by atoms with Gasteiger partial charge in [-0.05, 0) is 47.4 Å². The van der Waals surface area contributed by atoms with Crippen molar-refractivity contribution in [3.63, 3.8) is 0 Å². The molecule has 0 spiro atoms. The highest BCUT2D eigenvalue weighted by Crippen LogP contribution is 2.25. The molecule has 0 aliphatic carbocycles. The van der Waals surface area contributed by atoms with Crippen LogP contribution in [0, 0.1) is 5.92 Å². The van der Waals surface area contributed by atoms with Crippen molar-refractivity contribution in [2.45, 2.75) is 26.7 Å². The summed E-state index contributed by atoms with van der Waals surface area (Å²) < 4.78 is 0.963. The molecular formula is C14H19BrN4S. The average Bonchev–Trinajstić information content (AvgIpc) is 2.87. The Labute approximate surface area is 132 Å². The van der Waals surface area contributed by atoms with E-state index < -0.39 is 0 Å². The summed E-state index contributed by atoms with van der Waals surface area (Å²) in [5.74, 6) is 0.701. The maximum atomic E-state index is 4.25. The first kappa shape index (κ1) is 15.5. The van der Waals surface area contributed by atoms with Crippen LogP contribution < -0.4 is 5.32 Å². The molecule has 108 valence electrons. The lowest BCUT2D eigenvalue weighted by Gasteiger charge is -2.05. The third-order valence-corrected chi connectivity index (χ3v) is 4.18. The van der Waals surface area contributed by atoms with Gasteiger partial charge < -0.3 is 5.32 Å². The van der Waals surface area contributed by atoms with Crippen molar-refractivity contribution in [1.29, 1.82) is 0 Å². The molecule has 0 saturated carbocycles. The second-order valence-corrected chi connectivity index (χ2v) is 7.07. The van der Waals surface area contributed by atoms with E-state index in [2.05, 4.69) is 50.3 Å². The van der Waals surface area contributed by atoms with Crippen LogP contribution in [0.1, 0.15) is 25.3 Å². The van der Waals surface area contributed by atoms with Gasteiger partial charge in [-0.3, -0.25) is 4.98 Å². The van der Waals surface area contributed by atoms with Gasteiger partial charge in [0, 0.05) is 28.9 Å². The van der Waals surface area contributed by atoms with Crippen LogP contribution in [0.5, 0.6) is 0 Å². The SMILES string of the molecule is CC(C)CNCCCc1nnc(-c2cncc(Br)c2)s1. The van der Waals surface area contributed by atoms with Crippen LogP contribution in [0.4, 0.5) is 0 Å². The van der Waals surface area contributed by atoms with Gasteiger partial charge in [0.05, 0.1) is 0 Å². The molecule has 20 heavy (non-hydrogen) atoms. The largest absolute Gasteiger partial charge is 0.316 e. The van der Waals surface area contributed by atoms with Gasteiger partial charge in [-0.1, -0.05) is 25.2 Å². The summed E-state index contributed by atoms with van der Waals surface area (Å²) in [6.07, 6.45) is 5.66. The topological polar surface area (TPSA) is 50.7 Å². The molecule has 0 aromatic carbocycles.